The summed E-state index contributed by atoms with van der Waals surface area (Å²) in [5.41, 5.74) is 7.70. The average molecular weight is 308 g/mol. The highest BCUT2D eigenvalue weighted by Crippen LogP contribution is 2.19. The Morgan fingerprint density at radius 2 is 1.81 bits per heavy atom. The fourth-order valence-electron chi connectivity index (χ4n) is 2.42. The number of hydrogen-bond acceptors (Lipinski definition) is 4. The number of aryl methyl sites for hydroxylation is 1. The van der Waals surface area contributed by atoms with E-state index in [4.69, 9.17) is 18.0 Å². The predicted octanol–water partition coefficient (Wildman–Crippen LogP) is 2.58. The molecule has 0 aliphatic carbocycles. The molecule has 0 unspecified atom stereocenters. The van der Waals surface area contributed by atoms with Crippen molar-refractivity contribution in [1.29, 1.82) is 0 Å². The third-order valence-electron chi connectivity index (χ3n) is 3.76. The lowest BCUT2D eigenvalue weighted by molar-refractivity contribution is 0.300. The van der Waals surface area contributed by atoms with Crippen LogP contribution in [0.15, 0.2) is 12.1 Å². The minimum Gasteiger partial charge on any atom is -0.389 e. The van der Waals surface area contributed by atoms with Crippen LogP contribution in [0.5, 0.6) is 0 Å². The van der Waals surface area contributed by atoms with Crippen molar-refractivity contribution < 1.29 is 0 Å². The van der Waals surface area contributed by atoms with E-state index in [0.717, 1.165) is 56.2 Å². The van der Waals surface area contributed by atoms with Crippen LogP contribution in [-0.4, -0.2) is 47.6 Å². The highest BCUT2D eigenvalue weighted by atomic mass is 32.1. The molecule has 118 valence electrons. The molecule has 0 aliphatic heterocycles. The molecule has 2 N–H and O–H groups in total. The van der Waals surface area contributed by atoms with Gasteiger partial charge in [0.2, 0.25) is 0 Å². The van der Waals surface area contributed by atoms with Gasteiger partial charge in [-0.3, -0.25) is 0 Å². The van der Waals surface area contributed by atoms with Crippen LogP contribution in [-0.2, 0) is 0 Å². The maximum Gasteiger partial charge on any atom is 0.139 e. The molecule has 0 aliphatic rings. The lowest BCUT2D eigenvalue weighted by Crippen LogP contribution is -2.32. The summed E-state index contributed by atoms with van der Waals surface area (Å²) in [6.45, 7) is 13.7. The smallest absolute Gasteiger partial charge is 0.139 e. The van der Waals surface area contributed by atoms with E-state index in [9.17, 15) is 0 Å². The third kappa shape index (κ3) is 5.25. The molecule has 0 fully saturated rings. The van der Waals surface area contributed by atoms with Crippen LogP contribution in [0.2, 0.25) is 0 Å². The van der Waals surface area contributed by atoms with Gasteiger partial charge in [0, 0.05) is 18.8 Å². The fraction of sp³-hybridized carbons (Fsp3) is 0.625. The van der Waals surface area contributed by atoms with Gasteiger partial charge in [0.25, 0.3) is 0 Å². The quantitative estimate of drug-likeness (QED) is 0.710. The van der Waals surface area contributed by atoms with Crippen molar-refractivity contribution in [3.63, 3.8) is 0 Å². The lowest BCUT2D eigenvalue weighted by atomic mass is 10.2. The Labute approximate surface area is 134 Å². The summed E-state index contributed by atoms with van der Waals surface area (Å²) in [5, 5.41) is 0. The number of pyridine rings is 1. The number of thiocarbonyl (C=S) groups is 1. The van der Waals surface area contributed by atoms with Crippen molar-refractivity contribution in [2.24, 2.45) is 5.73 Å². The number of aromatic nitrogens is 1. The second-order valence-electron chi connectivity index (χ2n) is 5.15. The van der Waals surface area contributed by atoms with Crippen molar-refractivity contribution in [3.05, 3.63) is 23.4 Å². The molecule has 0 radical (unpaired) electrons. The van der Waals surface area contributed by atoms with E-state index < -0.39 is 0 Å². The molecule has 1 aromatic heterocycles. The minimum atomic E-state index is 0.416. The van der Waals surface area contributed by atoms with Gasteiger partial charge in [-0.05, 0) is 52.0 Å². The minimum absolute atomic E-state index is 0.416. The van der Waals surface area contributed by atoms with Gasteiger partial charge in [-0.2, -0.15) is 0 Å². The molecule has 0 saturated carbocycles. The van der Waals surface area contributed by atoms with E-state index in [0.29, 0.717) is 4.99 Å². The number of hydrogen-bond donors (Lipinski definition) is 1. The van der Waals surface area contributed by atoms with Crippen molar-refractivity contribution in [2.45, 2.75) is 34.1 Å². The molecule has 21 heavy (non-hydrogen) atoms. The number of rotatable bonds is 9. The number of nitrogens with zero attached hydrogens (tertiary/aromatic N) is 3. The number of anilines is 1. The van der Waals surface area contributed by atoms with Crippen molar-refractivity contribution >= 4 is 23.0 Å². The van der Waals surface area contributed by atoms with Crippen molar-refractivity contribution in [3.8, 4) is 0 Å². The highest BCUT2D eigenvalue weighted by Gasteiger charge is 2.14. The summed E-state index contributed by atoms with van der Waals surface area (Å²) >= 11 is 5.15. The summed E-state index contributed by atoms with van der Waals surface area (Å²) in [6.07, 6.45) is 1.11. The fourth-order valence-corrected chi connectivity index (χ4v) is 2.57. The van der Waals surface area contributed by atoms with E-state index in [-0.39, 0.29) is 0 Å². The molecule has 1 aromatic rings. The second-order valence-corrected chi connectivity index (χ2v) is 5.59. The van der Waals surface area contributed by atoms with E-state index in [1.54, 1.807) is 0 Å². The topological polar surface area (TPSA) is 45.4 Å². The summed E-state index contributed by atoms with van der Waals surface area (Å²) in [7, 11) is 0. The highest BCUT2D eigenvalue weighted by molar-refractivity contribution is 7.80. The zero-order valence-corrected chi connectivity index (χ0v) is 14.5. The van der Waals surface area contributed by atoms with Gasteiger partial charge in [0.05, 0.1) is 5.56 Å². The van der Waals surface area contributed by atoms with Gasteiger partial charge >= 0.3 is 0 Å². The molecule has 0 aromatic carbocycles. The van der Waals surface area contributed by atoms with E-state index in [2.05, 4.69) is 35.6 Å². The first kappa shape index (κ1) is 17.9. The Kier molecular flexibility index (Phi) is 7.61. The molecule has 0 bridgehead atoms. The molecule has 0 atom stereocenters. The monoisotopic (exact) mass is 308 g/mol. The Morgan fingerprint density at radius 3 is 2.33 bits per heavy atom. The third-order valence-corrected chi connectivity index (χ3v) is 3.98. The van der Waals surface area contributed by atoms with Crippen LogP contribution in [0.4, 0.5) is 5.82 Å². The first-order valence-corrected chi connectivity index (χ1v) is 8.19. The Bertz CT molecular complexity index is 458. The van der Waals surface area contributed by atoms with E-state index in [1.165, 1.54) is 0 Å². The summed E-state index contributed by atoms with van der Waals surface area (Å²) in [6, 6.07) is 3.94. The molecule has 1 heterocycles. The van der Waals surface area contributed by atoms with Crippen molar-refractivity contribution in [1.82, 2.24) is 9.88 Å². The summed E-state index contributed by atoms with van der Waals surface area (Å²) < 4.78 is 0. The SMILES string of the molecule is CCN(CC)CCCN(CC)c1nc(C)ccc1C(N)=S. The molecule has 0 amide bonds. The van der Waals surface area contributed by atoms with Crippen LogP contribution in [0.3, 0.4) is 0 Å². The lowest BCUT2D eigenvalue weighted by Gasteiger charge is -2.26. The zero-order chi connectivity index (χ0) is 15.8. The molecule has 0 spiro atoms. The molecule has 1 rings (SSSR count). The van der Waals surface area contributed by atoms with E-state index >= 15 is 0 Å². The average Bonchev–Trinajstić information content (AvgIpc) is 2.47. The summed E-state index contributed by atoms with van der Waals surface area (Å²) in [4.78, 5) is 9.77. The van der Waals surface area contributed by atoms with E-state index in [1.807, 2.05) is 19.1 Å². The maximum absolute atomic E-state index is 5.83. The Morgan fingerprint density at radius 1 is 1.14 bits per heavy atom. The molecule has 5 heteroatoms. The number of nitrogens with two attached hydrogens (primary N) is 1. The van der Waals surface area contributed by atoms with Crippen LogP contribution >= 0.6 is 12.2 Å². The summed E-state index contributed by atoms with van der Waals surface area (Å²) in [5.74, 6) is 0.921. The van der Waals surface area contributed by atoms with Crippen LogP contribution in [0, 0.1) is 6.92 Å². The predicted molar refractivity (Wildman–Crippen MR) is 95.2 cm³/mol. The molecule has 0 saturated heterocycles. The van der Waals surface area contributed by atoms with Gasteiger partial charge in [-0.1, -0.05) is 26.1 Å². The van der Waals surface area contributed by atoms with Crippen LogP contribution in [0.25, 0.3) is 0 Å². The second kappa shape index (κ2) is 8.95. The van der Waals surface area contributed by atoms with Gasteiger partial charge in [-0.25, -0.2) is 4.98 Å². The van der Waals surface area contributed by atoms with Crippen LogP contribution < -0.4 is 10.6 Å². The molecular formula is C16H28N4S. The van der Waals surface area contributed by atoms with Crippen LogP contribution in [0.1, 0.15) is 38.4 Å². The Balaban J connectivity index is 2.80. The standard InChI is InChI=1S/C16H28N4S/c1-5-19(6-2)11-8-12-20(7-3)16-14(15(17)21)10-9-13(4)18-16/h9-10H,5-8,11-12H2,1-4H3,(H2,17,21). The van der Waals surface area contributed by atoms with Gasteiger partial charge in [0.15, 0.2) is 0 Å². The normalized spacial score (nSPS) is 10.9. The zero-order valence-electron chi connectivity index (χ0n) is 13.7. The molecular weight excluding hydrogens is 280 g/mol. The largest absolute Gasteiger partial charge is 0.389 e. The van der Waals surface area contributed by atoms with Gasteiger partial charge in [0.1, 0.15) is 10.8 Å². The van der Waals surface area contributed by atoms with Gasteiger partial charge in [-0.15, -0.1) is 0 Å². The molecule has 4 nitrogen and oxygen atoms in total. The maximum atomic E-state index is 5.83. The first-order chi connectivity index (χ1) is 10.0. The van der Waals surface area contributed by atoms with Gasteiger partial charge < -0.3 is 15.5 Å². The van der Waals surface area contributed by atoms with Crippen molar-refractivity contribution in [2.75, 3.05) is 37.6 Å². The first-order valence-electron chi connectivity index (χ1n) is 7.78. The Hall–Kier alpha value is -1.20.